The first-order valence-electron chi connectivity index (χ1n) is 4.66. The fourth-order valence-corrected chi connectivity index (χ4v) is 1.12. The summed E-state index contributed by atoms with van der Waals surface area (Å²) < 4.78 is 4.94. The van der Waals surface area contributed by atoms with Crippen LogP contribution >= 0.6 is 26.1 Å². The van der Waals surface area contributed by atoms with Crippen LogP contribution in [0.3, 0.4) is 0 Å². The predicted molar refractivity (Wildman–Crippen MR) is 77.1 cm³/mol. The van der Waals surface area contributed by atoms with Gasteiger partial charge < -0.3 is 4.74 Å². The summed E-state index contributed by atoms with van der Waals surface area (Å²) in [7, 11) is 1.65. The van der Waals surface area contributed by atoms with Gasteiger partial charge in [-0.15, -0.1) is 12.6 Å². The van der Waals surface area contributed by atoms with E-state index in [1.165, 1.54) is 0 Å². The third-order valence-corrected chi connectivity index (χ3v) is 2.04. The lowest BCUT2D eigenvalue weighted by atomic mass is 10.3. The molecule has 0 N–H and O–H groups in total. The van der Waals surface area contributed by atoms with E-state index < -0.39 is 0 Å². The highest BCUT2D eigenvalue weighted by molar-refractivity contribution is 7.80. The van der Waals surface area contributed by atoms with Crippen LogP contribution in [0.5, 0.6) is 5.75 Å². The fraction of sp³-hybridized carbons (Fsp3) is 0.0769. The molecule has 0 aliphatic heterocycles. The molecule has 0 amide bonds. The summed E-state index contributed by atoms with van der Waals surface area (Å²) in [4.78, 5) is 0.954. The van der Waals surface area contributed by atoms with Crippen molar-refractivity contribution in [2.24, 2.45) is 0 Å². The van der Waals surface area contributed by atoms with Crippen LogP contribution in [0.1, 0.15) is 0 Å². The van der Waals surface area contributed by atoms with Gasteiger partial charge in [0.15, 0.2) is 0 Å². The molecule has 0 radical (unpaired) electrons. The highest BCUT2D eigenvalue weighted by Crippen LogP contribution is 2.12. The van der Waals surface area contributed by atoms with Crippen molar-refractivity contribution in [2.75, 3.05) is 7.11 Å². The Hall–Kier alpha value is -1.06. The van der Waals surface area contributed by atoms with Crippen molar-refractivity contribution in [1.82, 2.24) is 0 Å². The highest BCUT2D eigenvalue weighted by atomic mass is 32.1. The van der Waals surface area contributed by atoms with Gasteiger partial charge in [-0.1, -0.05) is 36.4 Å². The third-order valence-electron chi connectivity index (χ3n) is 1.74. The third kappa shape index (κ3) is 6.43. The van der Waals surface area contributed by atoms with Crippen LogP contribution < -0.4 is 4.74 Å². The van der Waals surface area contributed by atoms with E-state index in [0.29, 0.717) is 0 Å². The van der Waals surface area contributed by atoms with Crippen LogP contribution in [0.25, 0.3) is 0 Å². The highest BCUT2D eigenvalue weighted by Gasteiger charge is 1.86. The molecule has 3 heteroatoms. The summed E-state index contributed by atoms with van der Waals surface area (Å²) in [6.45, 7) is 0. The van der Waals surface area contributed by atoms with E-state index in [1.54, 1.807) is 7.11 Å². The minimum Gasteiger partial charge on any atom is -0.497 e. The smallest absolute Gasteiger partial charge is 0.118 e. The molecular formula is C13H16OS2. The van der Waals surface area contributed by atoms with Crippen LogP contribution in [0.4, 0.5) is 0 Å². The Morgan fingerprint density at radius 2 is 1.19 bits per heavy atom. The van der Waals surface area contributed by atoms with Gasteiger partial charge in [0.2, 0.25) is 0 Å². The van der Waals surface area contributed by atoms with Gasteiger partial charge in [0.05, 0.1) is 7.11 Å². The second-order valence-electron chi connectivity index (χ2n) is 2.85. The van der Waals surface area contributed by atoms with Crippen molar-refractivity contribution in [3.8, 4) is 5.75 Å². The fourth-order valence-electron chi connectivity index (χ4n) is 0.967. The number of rotatable bonds is 1. The lowest BCUT2D eigenvalue weighted by Crippen LogP contribution is -1.79. The first-order valence-corrected chi connectivity index (χ1v) is 5.10. The molecule has 0 aliphatic rings. The van der Waals surface area contributed by atoms with Gasteiger partial charge >= 0.3 is 0 Å². The summed E-state index contributed by atoms with van der Waals surface area (Å²) in [5.41, 5.74) is 0. The zero-order valence-electron chi connectivity index (χ0n) is 9.13. The molecule has 0 bridgehead atoms. The Kier molecular flexibility index (Phi) is 8.58. The van der Waals surface area contributed by atoms with Crippen LogP contribution in [0.15, 0.2) is 65.6 Å². The molecule has 0 spiro atoms. The van der Waals surface area contributed by atoms with E-state index >= 15 is 0 Å². The second-order valence-corrected chi connectivity index (χ2v) is 3.37. The van der Waals surface area contributed by atoms with Gasteiger partial charge in [-0.25, -0.2) is 0 Å². The van der Waals surface area contributed by atoms with Crippen LogP contribution in [0.2, 0.25) is 0 Å². The molecular weight excluding hydrogens is 236 g/mol. The summed E-state index contributed by atoms with van der Waals surface area (Å²) in [6.07, 6.45) is 0. The van der Waals surface area contributed by atoms with Gasteiger partial charge in [-0.05, 0) is 24.3 Å². The lowest BCUT2D eigenvalue weighted by Gasteiger charge is -1.96. The molecule has 0 saturated carbocycles. The predicted octanol–water partition coefficient (Wildman–Crippen LogP) is 3.78. The van der Waals surface area contributed by atoms with E-state index in [2.05, 4.69) is 12.6 Å². The molecule has 16 heavy (non-hydrogen) atoms. The molecule has 0 saturated heterocycles. The maximum absolute atomic E-state index is 4.94. The number of ether oxygens (including phenoxy) is 1. The maximum atomic E-state index is 4.94. The Morgan fingerprint density at radius 3 is 1.50 bits per heavy atom. The van der Waals surface area contributed by atoms with Gasteiger partial charge in [0.1, 0.15) is 5.75 Å². The van der Waals surface area contributed by atoms with Crippen molar-refractivity contribution in [3.63, 3.8) is 0 Å². The monoisotopic (exact) mass is 252 g/mol. The molecule has 0 aromatic heterocycles. The van der Waals surface area contributed by atoms with Crippen molar-refractivity contribution >= 4 is 26.1 Å². The van der Waals surface area contributed by atoms with Gasteiger partial charge in [0.25, 0.3) is 0 Å². The zero-order valence-corrected chi connectivity index (χ0v) is 11.0. The molecule has 0 unspecified atom stereocenters. The van der Waals surface area contributed by atoms with E-state index in [-0.39, 0.29) is 13.5 Å². The van der Waals surface area contributed by atoms with Crippen LogP contribution in [-0.2, 0) is 0 Å². The Morgan fingerprint density at radius 1 is 0.812 bits per heavy atom. The summed E-state index contributed by atoms with van der Waals surface area (Å²) in [5.74, 6) is 0.868. The molecule has 1 nitrogen and oxygen atoms in total. The minimum atomic E-state index is 0. The quantitative estimate of drug-likeness (QED) is 0.760. The maximum Gasteiger partial charge on any atom is 0.118 e. The minimum absolute atomic E-state index is 0. The Labute approximate surface area is 109 Å². The van der Waals surface area contributed by atoms with E-state index in [0.717, 1.165) is 10.6 Å². The average Bonchev–Trinajstić information content (AvgIpc) is 2.33. The van der Waals surface area contributed by atoms with E-state index in [4.69, 9.17) is 4.74 Å². The van der Waals surface area contributed by atoms with Gasteiger partial charge in [-0.2, -0.15) is 13.5 Å². The molecule has 0 heterocycles. The average molecular weight is 252 g/mol. The lowest BCUT2D eigenvalue weighted by molar-refractivity contribution is 0.414. The van der Waals surface area contributed by atoms with Crippen LogP contribution in [0, 0.1) is 0 Å². The molecule has 0 atom stereocenters. The van der Waals surface area contributed by atoms with E-state index in [9.17, 15) is 0 Å². The second kappa shape index (κ2) is 9.19. The normalized spacial score (nSPS) is 8.12. The number of benzene rings is 2. The summed E-state index contributed by atoms with van der Waals surface area (Å²) >= 11 is 4.11. The van der Waals surface area contributed by atoms with Crippen LogP contribution in [-0.4, -0.2) is 7.11 Å². The summed E-state index contributed by atoms with van der Waals surface area (Å²) in [5, 5.41) is 0. The Bertz CT molecular complexity index is 333. The molecule has 0 aliphatic carbocycles. The van der Waals surface area contributed by atoms with Gasteiger partial charge in [-0.3, -0.25) is 0 Å². The number of hydrogen-bond donors (Lipinski definition) is 1. The molecule has 2 aromatic rings. The molecule has 2 aromatic carbocycles. The first kappa shape index (κ1) is 14.9. The topological polar surface area (TPSA) is 9.23 Å². The molecule has 0 fully saturated rings. The number of methoxy groups -OCH3 is 1. The standard InChI is InChI=1S/C7H8OS.C6H6.H2S/c1-8-6-2-4-7(9)5-3-6;1-2-4-6-5-3-1;/h2-5,9H,1H3;1-6H;1H2. The van der Waals surface area contributed by atoms with Crippen molar-refractivity contribution in [3.05, 3.63) is 60.7 Å². The molecule has 2 rings (SSSR count). The Balaban J connectivity index is 0.000000283. The first-order chi connectivity index (χ1) is 7.33. The summed E-state index contributed by atoms with van der Waals surface area (Å²) in [6, 6.07) is 19.5. The number of hydrogen-bond acceptors (Lipinski definition) is 2. The van der Waals surface area contributed by atoms with Crippen molar-refractivity contribution < 1.29 is 4.74 Å². The van der Waals surface area contributed by atoms with Crippen molar-refractivity contribution in [1.29, 1.82) is 0 Å². The molecule has 86 valence electrons. The van der Waals surface area contributed by atoms with Gasteiger partial charge in [0, 0.05) is 4.90 Å². The zero-order chi connectivity index (χ0) is 10.9. The van der Waals surface area contributed by atoms with Crippen molar-refractivity contribution in [2.45, 2.75) is 4.90 Å². The SMILES string of the molecule is COc1ccc(S)cc1.S.c1ccccc1. The largest absolute Gasteiger partial charge is 0.497 e. The van der Waals surface area contributed by atoms with E-state index in [1.807, 2.05) is 60.7 Å². The number of thiol groups is 1.